The zero-order valence-electron chi connectivity index (χ0n) is 27.0. The van der Waals surface area contributed by atoms with Crippen molar-refractivity contribution in [1.29, 1.82) is 0 Å². The van der Waals surface area contributed by atoms with Crippen molar-refractivity contribution in [2.24, 2.45) is 0 Å². The minimum absolute atomic E-state index is 1.11. The first-order chi connectivity index (χ1) is 24.3. The summed E-state index contributed by atoms with van der Waals surface area (Å²) in [6.07, 6.45) is 4.48. The zero-order valence-corrected chi connectivity index (χ0v) is 27.0. The molecule has 0 radical (unpaired) electrons. The van der Waals surface area contributed by atoms with Crippen LogP contribution in [0.4, 0.5) is 17.1 Å². The van der Waals surface area contributed by atoms with Gasteiger partial charge in [-0.05, 0) is 103 Å². The molecule has 0 fully saturated rings. The van der Waals surface area contributed by atoms with Gasteiger partial charge in [0.2, 0.25) is 0 Å². The van der Waals surface area contributed by atoms with Crippen LogP contribution in [0.5, 0.6) is 0 Å². The molecular weight excluding hydrogens is 591 g/mol. The van der Waals surface area contributed by atoms with E-state index in [1.165, 1.54) is 66.4 Å². The van der Waals surface area contributed by atoms with E-state index >= 15 is 0 Å². The maximum atomic E-state index is 2.35. The number of hydrogen-bond acceptors (Lipinski definition) is 1. The van der Waals surface area contributed by atoms with Crippen LogP contribution in [-0.2, 0) is 0 Å². The highest BCUT2D eigenvalue weighted by atomic mass is 15.1. The van der Waals surface area contributed by atoms with E-state index in [0.717, 1.165) is 17.1 Å². The third kappa shape index (κ3) is 5.32. The second-order valence-corrected chi connectivity index (χ2v) is 12.6. The van der Waals surface area contributed by atoms with Crippen LogP contribution in [0.25, 0.3) is 67.4 Å². The summed E-state index contributed by atoms with van der Waals surface area (Å²) in [6.45, 7) is 0. The molecule has 1 aliphatic rings. The average Bonchev–Trinajstić information content (AvgIpc) is 3.61. The van der Waals surface area contributed by atoms with Gasteiger partial charge in [0, 0.05) is 17.1 Å². The molecule has 0 aliphatic heterocycles. The van der Waals surface area contributed by atoms with Crippen molar-refractivity contribution < 1.29 is 0 Å². The van der Waals surface area contributed by atoms with Gasteiger partial charge in [0.15, 0.2) is 0 Å². The van der Waals surface area contributed by atoms with E-state index in [9.17, 15) is 0 Å². The Hall–Kier alpha value is -6.44. The summed E-state index contributed by atoms with van der Waals surface area (Å²) < 4.78 is 0. The summed E-state index contributed by atoms with van der Waals surface area (Å²) >= 11 is 0. The molecule has 0 amide bonds. The van der Waals surface area contributed by atoms with E-state index in [-0.39, 0.29) is 0 Å². The van der Waals surface area contributed by atoms with Gasteiger partial charge in [-0.2, -0.15) is 0 Å². The Balaban J connectivity index is 1.14. The molecule has 49 heavy (non-hydrogen) atoms. The monoisotopic (exact) mass is 623 g/mol. The van der Waals surface area contributed by atoms with Crippen molar-refractivity contribution in [3.63, 3.8) is 0 Å². The van der Waals surface area contributed by atoms with Crippen LogP contribution in [0.15, 0.2) is 188 Å². The standard InChI is InChI=1S/C48H33N/c1-4-10-34(11-5-1)36-18-26-42(27-19-36)49(43-28-20-37(21-29-43)35-12-6-2-7-13-35)44-30-22-39(23-31-44)46-33-25-41-17-16-40-24-32-45(48(46)47(40)41)38-14-8-3-9-15-38/h1-33H. The fourth-order valence-corrected chi connectivity index (χ4v) is 7.21. The average molecular weight is 624 g/mol. The van der Waals surface area contributed by atoms with E-state index in [4.69, 9.17) is 0 Å². The molecule has 0 heterocycles. The van der Waals surface area contributed by atoms with Crippen LogP contribution in [-0.4, -0.2) is 0 Å². The second kappa shape index (κ2) is 12.3. The molecule has 230 valence electrons. The largest absolute Gasteiger partial charge is 0.311 e. The summed E-state index contributed by atoms with van der Waals surface area (Å²) in [5, 5.41) is 2.64. The normalized spacial score (nSPS) is 11.6. The molecule has 0 atom stereocenters. The third-order valence-electron chi connectivity index (χ3n) is 9.65. The molecule has 9 rings (SSSR count). The summed E-state index contributed by atoms with van der Waals surface area (Å²) in [4.78, 5) is 2.35. The van der Waals surface area contributed by atoms with Gasteiger partial charge in [0.25, 0.3) is 0 Å². The number of benzene rings is 8. The number of hydrogen-bond donors (Lipinski definition) is 0. The SMILES string of the molecule is C1=Cc2ccc(-c3ccc(N(c4ccc(-c5ccccc5)cc4)c4ccc(-c5ccccc5)cc4)cc3)c3c(-c4ccccc4)ccc1c23. The predicted octanol–water partition coefficient (Wildman–Crippen LogP) is 13.5. The maximum Gasteiger partial charge on any atom is 0.0462 e. The lowest BCUT2D eigenvalue weighted by Crippen LogP contribution is -2.09. The summed E-state index contributed by atoms with van der Waals surface area (Å²) in [5.74, 6) is 0. The van der Waals surface area contributed by atoms with Gasteiger partial charge < -0.3 is 4.90 Å². The van der Waals surface area contributed by atoms with E-state index in [1.54, 1.807) is 0 Å². The van der Waals surface area contributed by atoms with Gasteiger partial charge in [-0.3, -0.25) is 0 Å². The summed E-state index contributed by atoms with van der Waals surface area (Å²) in [7, 11) is 0. The maximum absolute atomic E-state index is 2.35. The van der Waals surface area contributed by atoms with Gasteiger partial charge >= 0.3 is 0 Å². The van der Waals surface area contributed by atoms with E-state index in [2.05, 4.69) is 205 Å². The van der Waals surface area contributed by atoms with Crippen molar-refractivity contribution in [3.8, 4) is 44.5 Å². The topological polar surface area (TPSA) is 3.24 Å². The molecule has 1 nitrogen and oxygen atoms in total. The lowest BCUT2D eigenvalue weighted by molar-refractivity contribution is 1.28. The van der Waals surface area contributed by atoms with Crippen LogP contribution in [0, 0.1) is 0 Å². The minimum Gasteiger partial charge on any atom is -0.311 e. The molecular formula is C48H33N. The van der Waals surface area contributed by atoms with Gasteiger partial charge in [-0.1, -0.05) is 164 Å². The number of rotatable bonds is 7. The predicted molar refractivity (Wildman–Crippen MR) is 209 cm³/mol. The van der Waals surface area contributed by atoms with Crippen molar-refractivity contribution in [1.82, 2.24) is 0 Å². The molecule has 8 aromatic carbocycles. The molecule has 0 spiro atoms. The Labute approximate surface area is 287 Å². The highest BCUT2D eigenvalue weighted by Gasteiger charge is 2.19. The minimum atomic E-state index is 1.11. The van der Waals surface area contributed by atoms with Crippen LogP contribution in [0.2, 0.25) is 0 Å². The van der Waals surface area contributed by atoms with Crippen LogP contribution >= 0.6 is 0 Å². The lowest BCUT2D eigenvalue weighted by atomic mass is 9.89. The zero-order chi connectivity index (χ0) is 32.6. The Morgan fingerprint density at radius 2 is 0.571 bits per heavy atom. The van der Waals surface area contributed by atoms with Gasteiger partial charge in [-0.25, -0.2) is 0 Å². The Kier molecular flexibility index (Phi) is 7.22. The van der Waals surface area contributed by atoms with E-state index in [0.29, 0.717) is 0 Å². The third-order valence-corrected chi connectivity index (χ3v) is 9.65. The van der Waals surface area contributed by atoms with Crippen LogP contribution in [0.1, 0.15) is 11.1 Å². The molecule has 0 bridgehead atoms. The molecule has 1 heteroatoms. The van der Waals surface area contributed by atoms with Gasteiger partial charge in [0.05, 0.1) is 0 Å². The Morgan fingerprint density at radius 3 is 0.980 bits per heavy atom. The lowest BCUT2D eigenvalue weighted by Gasteiger charge is -2.26. The van der Waals surface area contributed by atoms with Gasteiger partial charge in [0.1, 0.15) is 0 Å². The quantitative estimate of drug-likeness (QED) is 0.171. The summed E-state index contributed by atoms with van der Waals surface area (Å²) in [6, 6.07) is 67.8. The first-order valence-electron chi connectivity index (χ1n) is 16.8. The van der Waals surface area contributed by atoms with Crippen molar-refractivity contribution >= 4 is 40.0 Å². The number of anilines is 3. The molecule has 0 saturated carbocycles. The first kappa shape index (κ1) is 28.8. The number of nitrogens with zero attached hydrogens (tertiary/aromatic N) is 1. The van der Waals surface area contributed by atoms with Crippen LogP contribution < -0.4 is 4.90 Å². The van der Waals surface area contributed by atoms with Crippen LogP contribution in [0.3, 0.4) is 0 Å². The molecule has 1 aliphatic carbocycles. The van der Waals surface area contributed by atoms with Crippen molar-refractivity contribution in [3.05, 3.63) is 199 Å². The van der Waals surface area contributed by atoms with E-state index in [1.807, 2.05) is 0 Å². The molecule has 0 N–H and O–H groups in total. The molecule has 0 aromatic heterocycles. The van der Waals surface area contributed by atoms with Gasteiger partial charge in [-0.15, -0.1) is 0 Å². The van der Waals surface area contributed by atoms with Crippen molar-refractivity contribution in [2.75, 3.05) is 4.90 Å². The highest BCUT2D eigenvalue weighted by Crippen LogP contribution is 2.44. The molecule has 8 aromatic rings. The second-order valence-electron chi connectivity index (χ2n) is 12.6. The highest BCUT2D eigenvalue weighted by molar-refractivity contribution is 6.15. The first-order valence-corrected chi connectivity index (χ1v) is 16.8. The Bertz CT molecular complexity index is 2330. The summed E-state index contributed by atoms with van der Waals surface area (Å²) in [5.41, 5.74) is 15.7. The fourth-order valence-electron chi connectivity index (χ4n) is 7.21. The Morgan fingerprint density at radius 1 is 0.245 bits per heavy atom. The smallest absolute Gasteiger partial charge is 0.0462 e. The van der Waals surface area contributed by atoms with E-state index < -0.39 is 0 Å². The molecule has 0 unspecified atom stereocenters. The van der Waals surface area contributed by atoms with Crippen molar-refractivity contribution in [2.45, 2.75) is 0 Å². The molecule has 0 saturated heterocycles. The fraction of sp³-hybridized carbons (Fsp3) is 0.